The summed E-state index contributed by atoms with van der Waals surface area (Å²) in [5.41, 5.74) is 0.938. The van der Waals surface area contributed by atoms with E-state index in [0.717, 1.165) is 0 Å². The maximum Gasteiger partial charge on any atom is 0.168 e. The van der Waals surface area contributed by atoms with Gasteiger partial charge in [-0.15, -0.1) is 0 Å². The Morgan fingerprint density at radius 3 is 1.17 bits per heavy atom. The number of hydrogen-bond donors (Lipinski definition) is 0. The van der Waals surface area contributed by atoms with Crippen LogP contribution in [0.25, 0.3) is 0 Å². The van der Waals surface area contributed by atoms with Gasteiger partial charge in [0.2, 0.25) is 0 Å². The van der Waals surface area contributed by atoms with Gasteiger partial charge in [0.1, 0.15) is 0 Å². The fourth-order valence-electron chi connectivity index (χ4n) is 2.03. The lowest BCUT2D eigenvalue weighted by Gasteiger charge is -2.54. The molecule has 0 atom stereocenters. The Bertz CT molecular complexity index is 233. The molecule has 1 heterocycles. The predicted molar refractivity (Wildman–Crippen MR) is 86.7 cm³/mol. The Balaban J connectivity index is 2.93. The van der Waals surface area contributed by atoms with Gasteiger partial charge in [0.15, 0.2) is 19.7 Å². The molecule has 0 aromatic heterocycles. The van der Waals surface area contributed by atoms with Crippen LogP contribution in [0.15, 0.2) is 0 Å². The molecular formula is C13H33N3Si2. The molecule has 0 N–H and O–H groups in total. The highest BCUT2D eigenvalue weighted by Gasteiger charge is 2.38. The van der Waals surface area contributed by atoms with Crippen LogP contribution in [0.4, 0.5) is 0 Å². The summed E-state index contributed by atoms with van der Waals surface area (Å²) in [6, 6.07) is 0. The van der Waals surface area contributed by atoms with E-state index < -0.39 is 0 Å². The molecule has 18 heavy (non-hydrogen) atoms. The standard InChI is InChI=1S/C13H33N3Si2/c1-11(2,3)14-10-15(12(4,5)6)18-16(17-14)13(7,8)9/h10,17-18H2,1-9H3. The summed E-state index contributed by atoms with van der Waals surface area (Å²) in [4.78, 5) is 0. The Morgan fingerprint density at radius 1 is 0.611 bits per heavy atom. The molecule has 1 rings (SSSR count). The zero-order valence-electron chi connectivity index (χ0n) is 14.0. The van der Waals surface area contributed by atoms with E-state index >= 15 is 0 Å². The van der Waals surface area contributed by atoms with Crippen molar-refractivity contribution in [2.75, 3.05) is 6.67 Å². The lowest BCUT2D eigenvalue weighted by atomic mass is 10.1. The normalized spacial score (nSPS) is 25.2. The van der Waals surface area contributed by atoms with Gasteiger partial charge in [-0.25, -0.2) is 0 Å². The minimum Gasteiger partial charge on any atom is -0.326 e. The van der Waals surface area contributed by atoms with Gasteiger partial charge in [-0.2, -0.15) is 0 Å². The summed E-state index contributed by atoms with van der Waals surface area (Å²) < 4.78 is 8.31. The van der Waals surface area contributed by atoms with Crippen molar-refractivity contribution >= 4 is 19.7 Å². The van der Waals surface area contributed by atoms with E-state index in [2.05, 4.69) is 75.7 Å². The van der Waals surface area contributed by atoms with E-state index in [1.54, 1.807) is 0 Å². The molecule has 1 aliphatic heterocycles. The van der Waals surface area contributed by atoms with Crippen molar-refractivity contribution in [2.45, 2.75) is 78.9 Å². The molecule has 1 aliphatic rings. The van der Waals surface area contributed by atoms with Crippen LogP contribution in [-0.2, 0) is 0 Å². The largest absolute Gasteiger partial charge is 0.326 e. The molecule has 0 aliphatic carbocycles. The van der Waals surface area contributed by atoms with Gasteiger partial charge in [-0.3, -0.25) is 0 Å². The second kappa shape index (κ2) is 5.01. The van der Waals surface area contributed by atoms with Crippen molar-refractivity contribution in [1.29, 1.82) is 0 Å². The summed E-state index contributed by atoms with van der Waals surface area (Å²) in [5, 5.41) is 0. The van der Waals surface area contributed by atoms with Crippen LogP contribution in [0.1, 0.15) is 62.3 Å². The van der Waals surface area contributed by atoms with Crippen LogP contribution in [0.3, 0.4) is 0 Å². The van der Waals surface area contributed by atoms with E-state index in [4.69, 9.17) is 0 Å². The highest BCUT2D eigenvalue weighted by Crippen LogP contribution is 2.25. The third-order valence-corrected chi connectivity index (χ3v) is 10.6. The second-order valence-corrected chi connectivity index (χ2v) is 13.1. The smallest absolute Gasteiger partial charge is 0.168 e. The monoisotopic (exact) mass is 287 g/mol. The average molecular weight is 288 g/mol. The van der Waals surface area contributed by atoms with E-state index in [1.165, 1.54) is 6.67 Å². The maximum atomic E-state index is 2.84. The first kappa shape index (κ1) is 16.4. The molecular weight excluding hydrogens is 254 g/mol. The number of nitrogens with zero attached hydrogens (tertiary/aromatic N) is 3. The van der Waals surface area contributed by atoms with Crippen LogP contribution in [-0.4, -0.2) is 56.3 Å². The molecule has 0 bridgehead atoms. The summed E-state index contributed by atoms with van der Waals surface area (Å²) in [6.07, 6.45) is 0. The fourth-order valence-corrected chi connectivity index (χ4v) is 7.30. The Hall–Kier alpha value is 0.314. The van der Waals surface area contributed by atoms with Crippen LogP contribution in [0.2, 0.25) is 0 Å². The minimum atomic E-state index is -0.275. The molecule has 0 radical (unpaired) electrons. The van der Waals surface area contributed by atoms with Gasteiger partial charge >= 0.3 is 0 Å². The van der Waals surface area contributed by atoms with E-state index in [9.17, 15) is 0 Å². The van der Waals surface area contributed by atoms with Crippen LogP contribution in [0, 0.1) is 0 Å². The molecule has 0 aromatic carbocycles. The molecule has 0 unspecified atom stereocenters. The van der Waals surface area contributed by atoms with Crippen LogP contribution >= 0.6 is 0 Å². The van der Waals surface area contributed by atoms with Crippen molar-refractivity contribution < 1.29 is 0 Å². The van der Waals surface area contributed by atoms with E-state index in [0.29, 0.717) is 16.6 Å². The fraction of sp³-hybridized carbons (Fsp3) is 1.00. The molecule has 108 valence electrons. The van der Waals surface area contributed by atoms with Gasteiger partial charge < -0.3 is 13.4 Å². The van der Waals surface area contributed by atoms with Crippen LogP contribution in [0.5, 0.6) is 0 Å². The SMILES string of the molecule is CC(C)(C)N1CN(C(C)(C)C)[SiH2]N(C(C)(C)C)[SiH2]1. The van der Waals surface area contributed by atoms with Gasteiger partial charge in [0, 0.05) is 23.3 Å². The van der Waals surface area contributed by atoms with Gasteiger partial charge in [0.05, 0.1) is 0 Å². The summed E-state index contributed by atoms with van der Waals surface area (Å²) in [6.45, 7) is 22.4. The Kier molecular flexibility index (Phi) is 4.56. The summed E-state index contributed by atoms with van der Waals surface area (Å²) in [5.74, 6) is 0. The molecule has 0 saturated carbocycles. The second-order valence-electron chi connectivity index (χ2n) is 8.56. The van der Waals surface area contributed by atoms with Crippen molar-refractivity contribution in [3.63, 3.8) is 0 Å². The first-order valence-electron chi connectivity index (χ1n) is 7.07. The summed E-state index contributed by atoms with van der Waals surface area (Å²) >= 11 is 0. The maximum absolute atomic E-state index is 2.84. The van der Waals surface area contributed by atoms with E-state index in [-0.39, 0.29) is 19.7 Å². The quantitative estimate of drug-likeness (QED) is 0.621. The van der Waals surface area contributed by atoms with Gasteiger partial charge in [-0.1, -0.05) is 0 Å². The molecule has 0 aromatic rings. The highest BCUT2D eigenvalue weighted by atomic mass is 28.3. The first-order valence-corrected chi connectivity index (χ1v) is 9.60. The number of hydrogen-bond acceptors (Lipinski definition) is 3. The van der Waals surface area contributed by atoms with Crippen molar-refractivity contribution in [2.24, 2.45) is 0 Å². The number of rotatable bonds is 0. The third kappa shape index (κ3) is 4.16. The zero-order chi connectivity index (χ0) is 14.4. The van der Waals surface area contributed by atoms with Crippen molar-refractivity contribution in [3.8, 4) is 0 Å². The van der Waals surface area contributed by atoms with Crippen molar-refractivity contribution in [3.05, 3.63) is 0 Å². The first-order chi connectivity index (χ1) is 7.82. The highest BCUT2D eigenvalue weighted by molar-refractivity contribution is 6.49. The lowest BCUT2D eigenvalue weighted by Crippen LogP contribution is -2.70. The molecule has 1 fully saturated rings. The van der Waals surface area contributed by atoms with Gasteiger partial charge in [-0.05, 0) is 62.3 Å². The van der Waals surface area contributed by atoms with Crippen LogP contribution < -0.4 is 0 Å². The lowest BCUT2D eigenvalue weighted by molar-refractivity contribution is 0.0979. The zero-order valence-corrected chi connectivity index (χ0v) is 16.8. The van der Waals surface area contributed by atoms with Gasteiger partial charge in [0.25, 0.3) is 0 Å². The predicted octanol–water partition coefficient (Wildman–Crippen LogP) is 1.26. The summed E-state index contributed by atoms with van der Waals surface area (Å²) in [7, 11) is -0.550. The Morgan fingerprint density at radius 2 is 0.944 bits per heavy atom. The molecule has 5 heteroatoms. The molecule has 3 nitrogen and oxygen atoms in total. The minimum absolute atomic E-state index is 0.275. The topological polar surface area (TPSA) is 9.72 Å². The van der Waals surface area contributed by atoms with Crippen molar-refractivity contribution in [1.82, 2.24) is 13.4 Å². The molecule has 0 amide bonds. The third-order valence-electron chi connectivity index (χ3n) is 3.87. The molecule has 0 spiro atoms. The Labute approximate surface area is 119 Å². The average Bonchev–Trinajstić information content (AvgIpc) is 2.13. The van der Waals surface area contributed by atoms with E-state index in [1.807, 2.05) is 0 Å². The molecule has 1 saturated heterocycles.